The van der Waals surface area contributed by atoms with Crippen LogP contribution in [0.4, 0.5) is 0 Å². The van der Waals surface area contributed by atoms with E-state index in [0.717, 1.165) is 12.1 Å². The van der Waals surface area contributed by atoms with Crippen molar-refractivity contribution in [2.24, 2.45) is 0 Å². The van der Waals surface area contributed by atoms with Crippen LogP contribution in [0.3, 0.4) is 0 Å². The summed E-state index contributed by atoms with van der Waals surface area (Å²) in [7, 11) is 1.97. The lowest BCUT2D eigenvalue weighted by atomic mass is 10.1. The molecule has 0 aliphatic rings. The van der Waals surface area contributed by atoms with Gasteiger partial charge in [0.1, 0.15) is 0 Å². The topological polar surface area (TPSA) is 55.5 Å². The molecule has 1 aromatic carbocycles. The molecule has 1 heterocycles. The Hall–Kier alpha value is -1.68. The van der Waals surface area contributed by atoms with Crippen LogP contribution in [-0.2, 0) is 6.54 Å². The van der Waals surface area contributed by atoms with Crippen molar-refractivity contribution in [1.82, 2.24) is 10.1 Å². The van der Waals surface area contributed by atoms with Gasteiger partial charge in [-0.15, -0.1) is 0 Å². The molecule has 1 aromatic heterocycles. The SMILES string of the molecule is C[NH2+]Cc1nc(-c2cccc(C)c2)no1. The van der Waals surface area contributed by atoms with Crippen molar-refractivity contribution in [3.63, 3.8) is 0 Å². The van der Waals surface area contributed by atoms with Crippen LogP contribution in [0, 0.1) is 6.92 Å². The van der Waals surface area contributed by atoms with Crippen molar-refractivity contribution in [3.05, 3.63) is 35.7 Å². The molecule has 0 atom stereocenters. The highest BCUT2D eigenvalue weighted by Gasteiger charge is 2.08. The van der Waals surface area contributed by atoms with Gasteiger partial charge in [0, 0.05) is 5.56 Å². The van der Waals surface area contributed by atoms with Gasteiger partial charge in [-0.1, -0.05) is 28.9 Å². The zero-order valence-electron chi connectivity index (χ0n) is 8.90. The van der Waals surface area contributed by atoms with Crippen LogP contribution in [0.5, 0.6) is 0 Å². The van der Waals surface area contributed by atoms with E-state index in [9.17, 15) is 0 Å². The molecule has 0 unspecified atom stereocenters. The highest BCUT2D eigenvalue weighted by atomic mass is 16.5. The largest absolute Gasteiger partial charge is 0.341 e. The molecule has 0 saturated heterocycles. The molecule has 0 aliphatic heterocycles. The number of aryl methyl sites for hydroxylation is 1. The van der Waals surface area contributed by atoms with Crippen molar-refractivity contribution in [2.45, 2.75) is 13.5 Å². The summed E-state index contributed by atoms with van der Waals surface area (Å²) in [6.07, 6.45) is 0. The second kappa shape index (κ2) is 4.23. The van der Waals surface area contributed by atoms with Gasteiger partial charge in [0.2, 0.25) is 5.82 Å². The van der Waals surface area contributed by atoms with Gasteiger partial charge in [0.25, 0.3) is 5.89 Å². The quantitative estimate of drug-likeness (QED) is 0.802. The third kappa shape index (κ3) is 2.22. The smallest absolute Gasteiger partial charge is 0.282 e. The first-order valence-electron chi connectivity index (χ1n) is 4.97. The van der Waals surface area contributed by atoms with Crippen LogP contribution < -0.4 is 5.32 Å². The van der Waals surface area contributed by atoms with E-state index >= 15 is 0 Å². The van der Waals surface area contributed by atoms with Gasteiger partial charge in [-0.25, -0.2) is 0 Å². The van der Waals surface area contributed by atoms with E-state index in [-0.39, 0.29) is 0 Å². The van der Waals surface area contributed by atoms with Gasteiger partial charge in [-0.05, 0) is 13.0 Å². The highest BCUT2D eigenvalue weighted by Crippen LogP contribution is 2.16. The first-order chi connectivity index (χ1) is 7.29. The minimum Gasteiger partial charge on any atom is -0.341 e. The molecule has 4 heteroatoms. The van der Waals surface area contributed by atoms with Gasteiger partial charge >= 0.3 is 0 Å². The lowest BCUT2D eigenvalue weighted by molar-refractivity contribution is -0.645. The zero-order valence-corrected chi connectivity index (χ0v) is 8.90. The zero-order chi connectivity index (χ0) is 10.7. The van der Waals surface area contributed by atoms with Crippen LogP contribution >= 0.6 is 0 Å². The molecule has 0 radical (unpaired) electrons. The Bertz CT molecular complexity index is 451. The molecule has 2 rings (SSSR count). The van der Waals surface area contributed by atoms with E-state index < -0.39 is 0 Å². The summed E-state index contributed by atoms with van der Waals surface area (Å²) in [6, 6.07) is 8.07. The van der Waals surface area contributed by atoms with E-state index in [0.29, 0.717) is 11.7 Å². The number of hydrogen-bond donors (Lipinski definition) is 1. The van der Waals surface area contributed by atoms with E-state index in [1.54, 1.807) is 0 Å². The van der Waals surface area contributed by atoms with E-state index in [1.165, 1.54) is 5.56 Å². The number of benzene rings is 1. The van der Waals surface area contributed by atoms with Crippen LogP contribution in [0.25, 0.3) is 11.4 Å². The molecular weight excluding hydrogens is 190 g/mol. The Balaban J connectivity index is 2.29. The van der Waals surface area contributed by atoms with Crippen molar-refractivity contribution in [3.8, 4) is 11.4 Å². The molecule has 4 nitrogen and oxygen atoms in total. The Labute approximate surface area is 88.3 Å². The summed E-state index contributed by atoms with van der Waals surface area (Å²) in [5, 5.41) is 5.93. The third-order valence-electron chi connectivity index (χ3n) is 2.12. The van der Waals surface area contributed by atoms with Gasteiger partial charge in [-0.3, -0.25) is 0 Å². The molecular formula is C11H14N3O+. The molecule has 0 bridgehead atoms. The highest BCUT2D eigenvalue weighted by molar-refractivity contribution is 5.55. The summed E-state index contributed by atoms with van der Waals surface area (Å²) in [4.78, 5) is 4.30. The summed E-state index contributed by atoms with van der Waals surface area (Å²) < 4.78 is 5.11. The molecule has 2 N–H and O–H groups in total. The predicted octanol–water partition coefficient (Wildman–Crippen LogP) is 0.738. The average molecular weight is 204 g/mol. The van der Waals surface area contributed by atoms with Crippen molar-refractivity contribution in [1.29, 1.82) is 0 Å². The van der Waals surface area contributed by atoms with Crippen LogP contribution in [-0.4, -0.2) is 17.2 Å². The maximum absolute atomic E-state index is 5.11. The predicted molar refractivity (Wildman–Crippen MR) is 56.0 cm³/mol. The lowest BCUT2D eigenvalue weighted by Gasteiger charge is -1.94. The standard InChI is InChI=1S/C11H13N3O/c1-8-4-3-5-9(6-8)11-13-10(7-12-2)15-14-11/h3-6,12H,7H2,1-2H3/p+1. The minimum absolute atomic E-state index is 0.661. The molecule has 78 valence electrons. The minimum atomic E-state index is 0.661. The van der Waals surface area contributed by atoms with Gasteiger partial charge in [-0.2, -0.15) is 4.98 Å². The third-order valence-corrected chi connectivity index (χ3v) is 2.12. The second-order valence-electron chi connectivity index (χ2n) is 3.49. The fraction of sp³-hybridized carbons (Fsp3) is 0.273. The van der Waals surface area contributed by atoms with Crippen LogP contribution in [0.15, 0.2) is 28.8 Å². The van der Waals surface area contributed by atoms with Gasteiger partial charge in [0.15, 0.2) is 6.54 Å². The Morgan fingerprint density at radius 3 is 3.00 bits per heavy atom. The molecule has 2 aromatic rings. The fourth-order valence-corrected chi connectivity index (χ4v) is 1.41. The van der Waals surface area contributed by atoms with E-state index in [1.807, 2.05) is 43.6 Å². The molecule has 0 spiro atoms. The molecule has 0 fully saturated rings. The van der Waals surface area contributed by atoms with Crippen LogP contribution in [0.2, 0.25) is 0 Å². The average Bonchev–Trinajstić information content (AvgIpc) is 2.67. The number of aromatic nitrogens is 2. The molecule has 0 saturated carbocycles. The van der Waals surface area contributed by atoms with E-state index in [2.05, 4.69) is 10.1 Å². The van der Waals surface area contributed by atoms with Gasteiger partial charge in [0.05, 0.1) is 7.05 Å². The van der Waals surface area contributed by atoms with Crippen LogP contribution in [0.1, 0.15) is 11.5 Å². The van der Waals surface area contributed by atoms with Crippen molar-refractivity contribution < 1.29 is 9.84 Å². The summed E-state index contributed by atoms with van der Waals surface area (Å²) in [5.41, 5.74) is 2.20. The number of nitrogens with zero attached hydrogens (tertiary/aromatic N) is 2. The van der Waals surface area contributed by atoms with Gasteiger partial charge < -0.3 is 9.84 Å². The number of rotatable bonds is 3. The number of nitrogens with two attached hydrogens (primary N) is 1. The monoisotopic (exact) mass is 204 g/mol. The fourth-order valence-electron chi connectivity index (χ4n) is 1.41. The number of hydrogen-bond acceptors (Lipinski definition) is 3. The summed E-state index contributed by atoms with van der Waals surface area (Å²) in [6.45, 7) is 2.77. The van der Waals surface area contributed by atoms with Crippen molar-refractivity contribution in [2.75, 3.05) is 7.05 Å². The Kier molecular flexibility index (Phi) is 2.78. The molecule has 0 amide bonds. The first kappa shape index (κ1) is 9.86. The lowest BCUT2D eigenvalue weighted by Crippen LogP contribution is -2.77. The normalized spacial score (nSPS) is 10.5. The first-order valence-corrected chi connectivity index (χ1v) is 4.97. The Morgan fingerprint density at radius 2 is 2.27 bits per heavy atom. The maximum Gasteiger partial charge on any atom is 0.282 e. The molecule has 15 heavy (non-hydrogen) atoms. The molecule has 0 aliphatic carbocycles. The second-order valence-corrected chi connectivity index (χ2v) is 3.49. The van der Waals surface area contributed by atoms with E-state index in [4.69, 9.17) is 4.52 Å². The summed E-state index contributed by atoms with van der Waals surface area (Å²) in [5.74, 6) is 1.32. The van der Waals surface area contributed by atoms with Crippen molar-refractivity contribution >= 4 is 0 Å². The summed E-state index contributed by atoms with van der Waals surface area (Å²) >= 11 is 0. The number of quaternary nitrogens is 1. The maximum atomic E-state index is 5.11. The Morgan fingerprint density at radius 1 is 1.40 bits per heavy atom.